The molecule has 0 aliphatic heterocycles. The summed E-state index contributed by atoms with van der Waals surface area (Å²) in [4.78, 5) is 47.9. The van der Waals surface area contributed by atoms with E-state index in [1.807, 2.05) is 0 Å². The Morgan fingerprint density at radius 3 is 2.33 bits per heavy atom. The topological polar surface area (TPSA) is 160 Å². The van der Waals surface area contributed by atoms with Crippen LogP contribution in [0.25, 0.3) is 5.69 Å². The molecule has 40 heavy (non-hydrogen) atoms. The molecule has 4 rings (SSSR count). The molecule has 0 spiro atoms. The number of rotatable bonds is 9. The van der Waals surface area contributed by atoms with Gasteiger partial charge in [-0.1, -0.05) is 29.8 Å². The number of carbonyl (C=O) groups excluding carboxylic acids is 2. The number of carbonyl (C=O) groups is 2. The van der Waals surface area contributed by atoms with Crippen LogP contribution in [-0.2, 0) is 21.8 Å². The fourth-order valence-electron chi connectivity index (χ4n) is 3.77. The fraction of sp³-hybridized carbons (Fsp3) is 0.115. The van der Waals surface area contributed by atoms with E-state index < -0.39 is 38.9 Å². The highest BCUT2D eigenvalue weighted by Gasteiger charge is 2.25. The first-order valence-electron chi connectivity index (χ1n) is 11.5. The first-order chi connectivity index (χ1) is 18.9. The molecule has 0 fully saturated rings. The van der Waals surface area contributed by atoms with Crippen molar-refractivity contribution in [2.45, 2.75) is 11.8 Å². The molecule has 1 aromatic heterocycles. The van der Waals surface area contributed by atoms with Crippen LogP contribution in [0.3, 0.4) is 0 Å². The monoisotopic (exact) mass is 584 g/mol. The molecule has 0 aliphatic carbocycles. The fourth-order valence-corrected chi connectivity index (χ4v) is 5.10. The van der Waals surface area contributed by atoms with Crippen LogP contribution in [0, 0.1) is 17.0 Å². The molecule has 0 atom stereocenters. The van der Waals surface area contributed by atoms with Gasteiger partial charge in [-0.2, -0.15) is 0 Å². The summed E-state index contributed by atoms with van der Waals surface area (Å²) in [7, 11) is -2.76. The van der Waals surface area contributed by atoms with E-state index in [-0.39, 0.29) is 32.4 Å². The minimum atomic E-state index is -4.37. The second-order valence-electron chi connectivity index (χ2n) is 8.49. The van der Waals surface area contributed by atoms with Crippen LogP contribution in [0.4, 0.5) is 11.4 Å². The molecule has 12 nitrogen and oxygen atoms in total. The molecular formula is C26H21ClN4O8S. The summed E-state index contributed by atoms with van der Waals surface area (Å²) in [6.07, 6.45) is 0. The van der Waals surface area contributed by atoms with Crippen molar-refractivity contribution in [3.63, 3.8) is 0 Å². The first-order valence-corrected chi connectivity index (χ1v) is 13.4. The molecule has 0 bridgehead atoms. The average molecular weight is 585 g/mol. The van der Waals surface area contributed by atoms with E-state index in [4.69, 9.17) is 16.3 Å². The number of aromatic nitrogens is 2. The largest absolute Gasteiger partial charge is 0.454 e. The lowest BCUT2D eigenvalue weighted by Crippen LogP contribution is -2.23. The van der Waals surface area contributed by atoms with Gasteiger partial charge in [0.1, 0.15) is 5.69 Å². The van der Waals surface area contributed by atoms with Gasteiger partial charge in [0.2, 0.25) is 0 Å². The molecule has 1 heterocycles. The number of anilines is 1. The highest BCUT2D eigenvalue weighted by atomic mass is 35.5. The van der Waals surface area contributed by atoms with Gasteiger partial charge in [0.05, 0.1) is 31.8 Å². The van der Waals surface area contributed by atoms with Crippen molar-refractivity contribution < 1.29 is 27.7 Å². The second kappa shape index (κ2) is 11.2. The third-order valence-electron chi connectivity index (χ3n) is 5.99. The minimum absolute atomic E-state index is 0.0735. The van der Waals surface area contributed by atoms with E-state index in [1.165, 1.54) is 27.6 Å². The Morgan fingerprint density at radius 2 is 1.70 bits per heavy atom. The van der Waals surface area contributed by atoms with Crippen LogP contribution < -0.4 is 10.3 Å². The van der Waals surface area contributed by atoms with Crippen LogP contribution in [0.5, 0.6) is 0 Å². The predicted molar refractivity (Wildman–Crippen MR) is 146 cm³/mol. The molecule has 4 aromatic rings. The highest BCUT2D eigenvalue weighted by molar-refractivity contribution is 7.92. The summed E-state index contributed by atoms with van der Waals surface area (Å²) >= 11 is 6.10. The number of Topliss-reactive ketones (excluding diaryl/α,β-unsaturated/α-hetero) is 1. The van der Waals surface area contributed by atoms with E-state index >= 15 is 0 Å². The predicted octanol–water partition coefficient (Wildman–Crippen LogP) is 3.89. The Kier molecular flexibility index (Phi) is 7.89. The van der Waals surface area contributed by atoms with Gasteiger partial charge in [0.25, 0.3) is 21.3 Å². The number of hydrogen-bond donors (Lipinski definition) is 1. The summed E-state index contributed by atoms with van der Waals surface area (Å²) in [6.45, 7) is 0.857. The Hall–Kier alpha value is -4.75. The smallest absolute Gasteiger partial charge is 0.340 e. The molecule has 14 heteroatoms. The number of benzene rings is 3. The van der Waals surface area contributed by atoms with Gasteiger partial charge in [-0.3, -0.25) is 29.1 Å². The van der Waals surface area contributed by atoms with Gasteiger partial charge in [-0.05, 0) is 49.4 Å². The van der Waals surface area contributed by atoms with Crippen molar-refractivity contribution in [3.05, 3.63) is 115 Å². The van der Waals surface area contributed by atoms with Gasteiger partial charge < -0.3 is 4.74 Å². The summed E-state index contributed by atoms with van der Waals surface area (Å²) in [5, 5.41) is 10.6. The van der Waals surface area contributed by atoms with E-state index in [0.29, 0.717) is 11.4 Å². The minimum Gasteiger partial charge on any atom is -0.454 e. The Bertz CT molecular complexity index is 1800. The molecule has 0 saturated carbocycles. The van der Waals surface area contributed by atoms with Gasteiger partial charge >= 0.3 is 5.97 Å². The molecule has 3 aromatic carbocycles. The summed E-state index contributed by atoms with van der Waals surface area (Å²) in [6, 6.07) is 16.7. The first kappa shape index (κ1) is 28.3. The zero-order valence-electron chi connectivity index (χ0n) is 21.0. The zero-order valence-corrected chi connectivity index (χ0v) is 22.6. The van der Waals surface area contributed by atoms with E-state index in [9.17, 15) is 32.9 Å². The average Bonchev–Trinajstić information content (AvgIpc) is 3.14. The molecule has 0 aliphatic rings. The number of nitro benzene ring substituents is 1. The maximum atomic E-state index is 13.2. The number of nitrogens with zero attached hydrogens (tertiary/aromatic N) is 3. The Morgan fingerprint density at radius 1 is 1.05 bits per heavy atom. The Balaban J connectivity index is 1.55. The SMILES string of the molecule is Cc1c(NS(=O)(=O)c2ccc(Cl)c(C(=O)OCC(=O)c3ccc([N+](=O)[O-])cc3)c2)c(=O)n(-c2ccccc2)n1C. The van der Waals surface area contributed by atoms with Crippen LogP contribution in [-0.4, -0.2) is 41.1 Å². The van der Waals surface area contributed by atoms with Crippen LogP contribution in [0.1, 0.15) is 26.4 Å². The number of sulfonamides is 1. The normalized spacial score (nSPS) is 11.2. The number of ketones is 1. The molecule has 0 unspecified atom stereocenters. The van der Waals surface area contributed by atoms with Crippen molar-refractivity contribution >= 4 is 44.8 Å². The number of para-hydroxylation sites is 1. The van der Waals surface area contributed by atoms with E-state index in [0.717, 1.165) is 24.3 Å². The maximum absolute atomic E-state index is 13.2. The number of esters is 1. The molecule has 0 saturated heterocycles. The number of hydrogen-bond acceptors (Lipinski definition) is 8. The van der Waals surface area contributed by atoms with E-state index in [2.05, 4.69) is 4.72 Å². The lowest BCUT2D eigenvalue weighted by atomic mass is 10.1. The molecule has 206 valence electrons. The summed E-state index contributed by atoms with van der Waals surface area (Å²) in [5.41, 5.74) is -0.375. The standard InChI is InChI=1S/C26H21ClN4O8S/c1-16-24(25(33)30(29(16)2)18-6-4-3-5-7-18)28-40(37,38)20-12-13-22(27)21(14-20)26(34)39-15-23(32)17-8-10-19(11-9-17)31(35)36/h3-14,28H,15H2,1-2H3. The van der Waals surface area contributed by atoms with Crippen molar-refractivity contribution in [1.29, 1.82) is 0 Å². The third-order valence-corrected chi connectivity index (χ3v) is 7.67. The van der Waals surface area contributed by atoms with Gasteiger partial charge in [-0.25, -0.2) is 17.9 Å². The molecule has 0 radical (unpaired) electrons. The van der Waals surface area contributed by atoms with E-state index in [1.54, 1.807) is 44.3 Å². The number of nitro groups is 1. The Labute approximate surface area is 232 Å². The summed E-state index contributed by atoms with van der Waals surface area (Å²) in [5.74, 6) is -1.71. The lowest BCUT2D eigenvalue weighted by molar-refractivity contribution is -0.384. The molecule has 0 amide bonds. The van der Waals surface area contributed by atoms with Crippen molar-refractivity contribution in [1.82, 2.24) is 9.36 Å². The number of halogens is 1. The maximum Gasteiger partial charge on any atom is 0.340 e. The van der Waals surface area contributed by atoms with Gasteiger partial charge in [0, 0.05) is 24.7 Å². The van der Waals surface area contributed by atoms with Gasteiger partial charge in [-0.15, -0.1) is 0 Å². The van der Waals surface area contributed by atoms with Crippen molar-refractivity contribution in [2.24, 2.45) is 7.05 Å². The number of non-ortho nitro benzene ring substituents is 1. The number of nitrogens with one attached hydrogen (secondary N) is 1. The molecular weight excluding hydrogens is 564 g/mol. The lowest BCUT2D eigenvalue weighted by Gasteiger charge is -2.10. The van der Waals surface area contributed by atoms with Crippen molar-refractivity contribution in [2.75, 3.05) is 11.3 Å². The van der Waals surface area contributed by atoms with Crippen LogP contribution >= 0.6 is 11.6 Å². The van der Waals surface area contributed by atoms with Crippen molar-refractivity contribution in [3.8, 4) is 5.69 Å². The van der Waals surface area contributed by atoms with Crippen LogP contribution in [0.2, 0.25) is 5.02 Å². The third kappa shape index (κ3) is 5.65. The molecule has 1 N–H and O–H groups in total. The second-order valence-corrected chi connectivity index (χ2v) is 10.6. The van der Waals surface area contributed by atoms with Crippen LogP contribution in [0.15, 0.2) is 82.5 Å². The van der Waals surface area contributed by atoms with Gasteiger partial charge in [0.15, 0.2) is 12.4 Å². The number of ether oxygens (including phenoxy) is 1. The zero-order chi connectivity index (χ0) is 29.2. The highest BCUT2D eigenvalue weighted by Crippen LogP contribution is 2.24. The summed E-state index contributed by atoms with van der Waals surface area (Å²) < 4.78 is 36.5. The quantitative estimate of drug-likeness (QED) is 0.134.